The first-order valence-electron chi connectivity index (χ1n) is 9.59. The number of nitrogens with one attached hydrogen (secondary N) is 1. The second kappa shape index (κ2) is 9.39. The van der Waals surface area contributed by atoms with Gasteiger partial charge in [0.25, 0.3) is 5.91 Å². The fourth-order valence-electron chi connectivity index (χ4n) is 3.11. The third kappa shape index (κ3) is 5.14. The first-order valence-corrected chi connectivity index (χ1v) is 9.59. The highest BCUT2D eigenvalue weighted by Crippen LogP contribution is 2.25. The predicted octanol–water partition coefficient (Wildman–Crippen LogP) is 5.81. The second-order valence-corrected chi connectivity index (χ2v) is 6.92. The van der Waals surface area contributed by atoms with Crippen molar-refractivity contribution in [1.82, 2.24) is 0 Å². The molecule has 3 rings (SSSR count). The third-order valence-corrected chi connectivity index (χ3v) is 4.41. The lowest BCUT2D eigenvalue weighted by atomic mass is 10.1. The highest BCUT2D eigenvalue weighted by molar-refractivity contribution is 6.04. The smallest absolute Gasteiger partial charge is 0.255 e. The number of ether oxygens (including phenoxy) is 2. The molecule has 0 atom stereocenters. The molecule has 156 valence electrons. The largest absolute Gasteiger partial charge is 0.493 e. The highest BCUT2D eigenvalue weighted by Gasteiger charge is 2.16. The van der Waals surface area contributed by atoms with Crippen molar-refractivity contribution in [2.45, 2.75) is 27.4 Å². The van der Waals surface area contributed by atoms with Gasteiger partial charge in [-0.1, -0.05) is 12.1 Å². The van der Waals surface area contributed by atoms with E-state index in [4.69, 9.17) is 9.47 Å². The first kappa shape index (κ1) is 21.3. The molecule has 30 heavy (non-hydrogen) atoms. The minimum atomic E-state index is -0.840. The normalized spacial score (nSPS) is 10.6. The molecule has 3 aromatic rings. The molecule has 0 aliphatic rings. The summed E-state index contributed by atoms with van der Waals surface area (Å²) in [6.07, 6.45) is 0. The first-order chi connectivity index (χ1) is 14.4. The van der Waals surface area contributed by atoms with Gasteiger partial charge in [-0.2, -0.15) is 0 Å². The number of rotatable bonds is 7. The Labute approximate surface area is 174 Å². The number of carbonyl (C=O) groups is 1. The van der Waals surface area contributed by atoms with E-state index in [1.54, 1.807) is 18.2 Å². The minimum absolute atomic E-state index is 0.174. The van der Waals surface area contributed by atoms with Crippen LogP contribution in [0.5, 0.6) is 11.5 Å². The molecule has 0 unspecified atom stereocenters. The summed E-state index contributed by atoms with van der Waals surface area (Å²) in [5, 5.41) is 2.29. The maximum Gasteiger partial charge on any atom is 0.255 e. The van der Waals surface area contributed by atoms with Crippen LogP contribution in [0.3, 0.4) is 0 Å². The fraction of sp³-hybridized carbons (Fsp3) is 0.208. The summed E-state index contributed by atoms with van der Waals surface area (Å²) < 4.78 is 39.2. The molecule has 0 saturated carbocycles. The van der Waals surface area contributed by atoms with Gasteiger partial charge in [0, 0.05) is 11.1 Å². The van der Waals surface area contributed by atoms with Crippen LogP contribution < -0.4 is 14.8 Å². The summed E-state index contributed by atoms with van der Waals surface area (Å²) in [5.74, 6) is -1.02. The Morgan fingerprint density at radius 3 is 2.23 bits per heavy atom. The van der Waals surface area contributed by atoms with Gasteiger partial charge in [0.2, 0.25) is 0 Å². The molecule has 0 spiro atoms. The molecule has 0 bridgehead atoms. The topological polar surface area (TPSA) is 47.6 Å². The van der Waals surface area contributed by atoms with Crippen molar-refractivity contribution in [3.05, 3.63) is 88.5 Å². The lowest BCUT2D eigenvalue weighted by Crippen LogP contribution is -2.15. The number of hydrogen-bond acceptors (Lipinski definition) is 3. The van der Waals surface area contributed by atoms with Crippen molar-refractivity contribution >= 4 is 11.6 Å². The molecule has 6 heteroatoms. The van der Waals surface area contributed by atoms with E-state index in [-0.39, 0.29) is 12.2 Å². The van der Waals surface area contributed by atoms with Crippen LogP contribution >= 0.6 is 0 Å². The van der Waals surface area contributed by atoms with Crippen LogP contribution in [0.2, 0.25) is 0 Å². The van der Waals surface area contributed by atoms with E-state index in [1.807, 2.05) is 39.0 Å². The van der Waals surface area contributed by atoms with Crippen molar-refractivity contribution < 1.29 is 23.0 Å². The molecular formula is C24H23F2NO3. The van der Waals surface area contributed by atoms with E-state index in [9.17, 15) is 13.6 Å². The van der Waals surface area contributed by atoms with E-state index in [0.717, 1.165) is 23.3 Å². The summed E-state index contributed by atoms with van der Waals surface area (Å²) in [4.78, 5) is 12.6. The maximum absolute atomic E-state index is 13.8. The zero-order chi connectivity index (χ0) is 21.7. The fourth-order valence-corrected chi connectivity index (χ4v) is 3.11. The Morgan fingerprint density at radius 2 is 1.60 bits per heavy atom. The number of para-hydroxylation sites is 1. The molecule has 0 saturated heterocycles. The molecule has 1 amide bonds. The van der Waals surface area contributed by atoms with Crippen molar-refractivity contribution in [1.29, 1.82) is 0 Å². The zero-order valence-electron chi connectivity index (χ0n) is 17.1. The van der Waals surface area contributed by atoms with Gasteiger partial charge in [0.1, 0.15) is 35.4 Å². The third-order valence-electron chi connectivity index (χ3n) is 4.41. The van der Waals surface area contributed by atoms with E-state index >= 15 is 0 Å². The molecule has 0 aliphatic heterocycles. The summed E-state index contributed by atoms with van der Waals surface area (Å²) >= 11 is 0. The maximum atomic E-state index is 13.8. The van der Waals surface area contributed by atoms with Crippen LogP contribution in [0.4, 0.5) is 14.5 Å². The highest BCUT2D eigenvalue weighted by atomic mass is 19.1. The van der Waals surface area contributed by atoms with Crippen LogP contribution in [0, 0.1) is 25.5 Å². The average Bonchev–Trinajstić information content (AvgIpc) is 2.69. The van der Waals surface area contributed by atoms with Crippen LogP contribution in [-0.2, 0) is 6.61 Å². The van der Waals surface area contributed by atoms with Gasteiger partial charge >= 0.3 is 0 Å². The predicted molar refractivity (Wildman–Crippen MR) is 112 cm³/mol. The molecule has 0 aromatic heterocycles. The average molecular weight is 411 g/mol. The summed E-state index contributed by atoms with van der Waals surface area (Å²) in [7, 11) is 0. The summed E-state index contributed by atoms with van der Waals surface area (Å²) in [5.41, 5.74) is 2.56. The number of hydrogen-bond donors (Lipinski definition) is 1. The van der Waals surface area contributed by atoms with E-state index < -0.39 is 23.2 Å². The molecular weight excluding hydrogens is 388 g/mol. The van der Waals surface area contributed by atoms with Gasteiger partial charge in [-0.05, 0) is 74.4 Å². The Bertz CT molecular complexity index is 1030. The van der Waals surface area contributed by atoms with Crippen LogP contribution in [0.15, 0.2) is 54.6 Å². The molecule has 1 N–H and O–H groups in total. The second-order valence-electron chi connectivity index (χ2n) is 6.92. The quantitative estimate of drug-likeness (QED) is 0.534. The summed E-state index contributed by atoms with van der Waals surface area (Å²) in [6, 6.07) is 14.1. The van der Waals surface area contributed by atoms with Crippen LogP contribution in [-0.4, -0.2) is 12.5 Å². The Morgan fingerprint density at radius 1 is 0.933 bits per heavy atom. The Kier molecular flexibility index (Phi) is 6.67. The van der Waals surface area contributed by atoms with E-state index in [1.165, 1.54) is 6.07 Å². The van der Waals surface area contributed by atoms with Crippen molar-refractivity contribution in [2.24, 2.45) is 0 Å². The molecule has 0 fully saturated rings. The lowest BCUT2D eigenvalue weighted by molar-refractivity contribution is 0.102. The number of amides is 1. The zero-order valence-corrected chi connectivity index (χ0v) is 17.1. The van der Waals surface area contributed by atoms with Crippen molar-refractivity contribution in [3.63, 3.8) is 0 Å². The van der Waals surface area contributed by atoms with Gasteiger partial charge in [-0.15, -0.1) is 0 Å². The van der Waals surface area contributed by atoms with E-state index in [0.29, 0.717) is 23.7 Å². The Balaban J connectivity index is 1.83. The van der Waals surface area contributed by atoms with E-state index in [2.05, 4.69) is 5.32 Å². The molecule has 0 radical (unpaired) electrons. The van der Waals surface area contributed by atoms with Crippen LogP contribution in [0.25, 0.3) is 0 Å². The van der Waals surface area contributed by atoms with Gasteiger partial charge in [0.15, 0.2) is 0 Å². The van der Waals surface area contributed by atoms with Crippen LogP contribution in [0.1, 0.15) is 34.0 Å². The molecule has 3 aromatic carbocycles. The van der Waals surface area contributed by atoms with Gasteiger partial charge in [0.05, 0.1) is 6.61 Å². The Hall–Kier alpha value is -3.41. The number of halogens is 2. The molecule has 4 nitrogen and oxygen atoms in total. The monoisotopic (exact) mass is 411 g/mol. The number of carbonyl (C=O) groups excluding carboxylic acids is 1. The number of aryl methyl sites for hydroxylation is 2. The lowest BCUT2D eigenvalue weighted by Gasteiger charge is -2.14. The number of benzene rings is 3. The van der Waals surface area contributed by atoms with Crippen molar-refractivity contribution in [3.8, 4) is 11.5 Å². The standard InChI is InChI=1S/C24H23F2NO3/c1-4-29-22-9-8-17(24(28)27-23-20(25)6-5-7-21(23)26)13-18(22)14-30-19-11-15(2)10-16(3)12-19/h5-13H,4,14H2,1-3H3,(H,27,28). The van der Waals surface area contributed by atoms with Gasteiger partial charge < -0.3 is 14.8 Å². The minimum Gasteiger partial charge on any atom is -0.493 e. The van der Waals surface area contributed by atoms with Gasteiger partial charge in [-0.25, -0.2) is 8.78 Å². The SMILES string of the molecule is CCOc1ccc(C(=O)Nc2c(F)cccc2F)cc1COc1cc(C)cc(C)c1. The van der Waals surface area contributed by atoms with Gasteiger partial charge in [-0.3, -0.25) is 4.79 Å². The van der Waals surface area contributed by atoms with Crippen molar-refractivity contribution in [2.75, 3.05) is 11.9 Å². The summed E-state index contributed by atoms with van der Waals surface area (Å²) in [6.45, 7) is 6.45. The molecule has 0 heterocycles. The molecule has 0 aliphatic carbocycles. The number of anilines is 1.